The molecule has 1 aliphatic heterocycles. The van der Waals surface area contributed by atoms with Crippen molar-refractivity contribution in [2.45, 2.75) is 25.6 Å². The first-order chi connectivity index (χ1) is 7.26. The van der Waals surface area contributed by atoms with E-state index in [1.54, 1.807) is 0 Å². The predicted octanol–water partition coefficient (Wildman–Crippen LogP) is 3.46. The molecule has 3 nitrogen and oxygen atoms in total. The predicted molar refractivity (Wildman–Crippen MR) is 44.7 cm³/mol. The molecule has 16 heavy (non-hydrogen) atoms. The Morgan fingerprint density at radius 2 is 1.69 bits per heavy atom. The first-order valence-electron chi connectivity index (χ1n) is 4.46. The Bertz CT molecular complexity index is 227. The van der Waals surface area contributed by atoms with Gasteiger partial charge >= 0.3 is 20.9 Å². The molecule has 1 heterocycles. The number of alkyl halides is 5. The van der Waals surface area contributed by atoms with E-state index in [9.17, 15) is 22.0 Å². The van der Waals surface area contributed by atoms with E-state index in [1.165, 1.54) is 0 Å². The van der Waals surface area contributed by atoms with Gasteiger partial charge in [0.1, 0.15) is 0 Å². The van der Waals surface area contributed by atoms with E-state index in [0.29, 0.717) is 6.42 Å². The summed E-state index contributed by atoms with van der Waals surface area (Å²) in [7, 11) is -2.63. The van der Waals surface area contributed by atoms with Crippen LogP contribution >= 0.6 is 8.60 Å². The van der Waals surface area contributed by atoms with E-state index in [-0.39, 0.29) is 19.1 Å². The van der Waals surface area contributed by atoms with Crippen LogP contribution in [0.5, 0.6) is 0 Å². The lowest BCUT2D eigenvalue weighted by Gasteiger charge is -2.29. The van der Waals surface area contributed by atoms with E-state index >= 15 is 0 Å². The van der Waals surface area contributed by atoms with Crippen molar-refractivity contribution in [2.24, 2.45) is 5.92 Å². The van der Waals surface area contributed by atoms with Crippen LogP contribution in [0.4, 0.5) is 22.0 Å². The minimum absolute atomic E-state index is 0.00172. The zero-order valence-corrected chi connectivity index (χ0v) is 9.15. The molecule has 96 valence electrons. The second-order valence-electron chi connectivity index (χ2n) is 3.20. The van der Waals surface area contributed by atoms with E-state index < -0.39 is 20.9 Å². The molecule has 0 atom stereocenters. The minimum Gasteiger partial charge on any atom is -0.312 e. The van der Waals surface area contributed by atoms with Crippen LogP contribution < -0.4 is 0 Å². The Hall–Kier alpha value is -0.0400. The fraction of sp³-hybridized carbons (Fsp3) is 1.00. The molecule has 0 amide bonds. The average Bonchev–Trinajstić information content (AvgIpc) is 2.16. The highest BCUT2D eigenvalue weighted by molar-refractivity contribution is 7.41. The van der Waals surface area contributed by atoms with Crippen molar-refractivity contribution in [1.82, 2.24) is 0 Å². The van der Waals surface area contributed by atoms with Gasteiger partial charge in [-0.05, 0) is 6.42 Å². The zero-order chi connectivity index (χ0) is 12.4. The summed E-state index contributed by atoms with van der Waals surface area (Å²) in [6.07, 6.45) is -10.3. The van der Waals surface area contributed by atoms with E-state index in [1.807, 2.05) is 6.92 Å². The highest BCUT2D eigenvalue weighted by Crippen LogP contribution is 2.52. The van der Waals surface area contributed by atoms with Crippen LogP contribution in [0, 0.1) is 5.92 Å². The summed E-state index contributed by atoms with van der Waals surface area (Å²) >= 11 is 0. The van der Waals surface area contributed by atoms with Crippen LogP contribution in [0.1, 0.15) is 13.3 Å². The van der Waals surface area contributed by atoms with Gasteiger partial charge in [-0.25, -0.2) is 4.52 Å². The Morgan fingerprint density at radius 1 is 1.19 bits per heavy atom. The van der Waals surface area contributed by atoms with Gasteiger partial charge in [0.15, 0.2) is 0 Å². The third-order valence-corrected chi connectivity index (χ3v) is 3.03. The minimum atomic E-state index is -5.76. The van der Waals surface area contributed by atoms with Crippen molar-refractivity contribution in [1.29, 1.82) is 0 Å². The molecule has 0 radical (unpaired) electrons. The highest BCUT2D eigenvalue weighted by Gasteiger charge is 2.61. The smallest absolute Gasteiger partial charge is 0.312 e. The Kier molecular flexibility index (Phi) is 4.45. The summed E-state index contributed by atoms with van der Waals surface area (Å²) in [6.45, 7) is 1.96. The molecule has 0 spiro atoms. The average molecular weight is 268 g/mol. The van der Waals surface area contributed by atoms with Gasteiger partial charge in [0.2, 0.25) is 0 Å². The SMILES string of the molecule is CCC1COP(OC(F)(F)C(F)(F)F)OC1. The Balaban J connectivity index is 2.45. The molecule has 1 aliphatic rings. The van der Waals surface area contributed by atoms with Gasteiger partial charge in [0.05, 0.1) is 13.2 Å². The first kappa shape index (κ1) is 14.0. The van der Waals surface area contributed by atoms with Crippen LogP contribution in [-0.2, 0) is 13.6 Å². The molecule has 0 unspecified atom stereocenters. The molecular formula is C7H10F5O3P. The summed E-state index contributed by atoms with van der Waals surface area (Å²) < 4.78 is 72.9. The third-order valence-electron chi connectivity index (χ3n) is 1.93. The van der Waals surface area contributed by atoms with E-state index in [4.69, 9.17) is 0 Å². The van der Waals surface area contributed by atoms with Crippen LogP contribution in [-0.4, -0.2) is 25.5 Å². The normalized spacial score (nSPS) is 28.1. The molecule has 1 rings (SSSR count). The van der Waals surface area contributed by atoms with Crippen molar-refractivity contribution in [3.8, 4) is 0 Å². The molecule has 0 N–H and O–H groups in total. The largest absolute Gasteiger partial charge is 0.483 e. The van der Waals surface area contributed by atoms with Gasteiger partial charge in [0, 0.05) is 5.92 Å². The quantitative estimate of drug-likeness (QED) is 0.579. The Labute approximate surface area is 89.9 Å². The van der Waals surface area contributed by atoms with Gasteiger partial charge in [-0.15, -0.1) is 0 Å². The zero-order valence-electron chi connectivity index (χ0n) is 8.26. The van der Waals surface area contributed by atoms with Crippen molar-refractivity contribution in [2.75, 3.05) is 13.2 Å². The summed E-state index contributed by atoms with van der Waals surface area (Å²) in [4.78, 5) is 0. The first-order valence-corrected chi connectivity index (χ1v) is 5.55. The molecule has 0 aromatic carbocycles. The molecule has 1 fully saturated rings. The second kappa shape index (κ2) is 5.08. The molecule has 0 aliphatic carbocycles. The van der Waals surface area contributed by atoms with E-state index in [2.05, 4.69) is 13.6 Å². The molecule has 0 aromatic heterocycles. The maximum atomic E-state index is 12.4. The van der Waals surface area contributed by atoms with Crippen molar-refractivity contribution in [3.63, 3.8) is 0 Å². The molecule has 1 saturated heterocycles. The summed E-state index contributed by atoms with van der Waals surface area (Å²) in [5.41, 5.74) is 0. The fourth-order valence-corrected chi connectivity index (χ4v) is 1.99. The third kappa shape index (κ3) is 3.48. The molecule has 0 bridgehead atoms. The number of hydrogen-bond acceptors (Lipinski definition) is 3. The number of hydrogen-bond donors (Lipinski definition) is 0. The second-order valence-corrected chi connectivity index (χ2v) is 4.34. The molecular weight excluding hydrogens is 258 g/mol. The lowest BCUT2D eigenvalue weighted by atomic mass is 10.1. The topological polar surface area (TPSA) is 27.7 Å². The molecule has 0 aromatic rings. The summed E-state index contributed by atoms with van der Waals surface area (Å²) in [6, 6.07) is 0. The van der Waals surface area contributed by atoms with Gasteiger partial charge in [-0.3, -0.25) is 0 Å². The number of rotatable bonds is 3. The van der Waals surface area contributed by atoms with Crippen LogP contribution in [0.3, 0.4) is 0 Å². The summed E-state index contributed by atoms with van der Waals surface area (Å²) in [5, 5.41) is 0. The van der Waals surface area contributed by atoms with Gasteiger partial charge < -0.3 is 9.05 Å². The van der Waals surface area contributed by atoms with Crippen molar-refractivity contribution in [3.05, 3.63) is 0 Å². The Morgan fingerprint density at radius 3 is 2.06 bits per heavy atom. The molecule has 9 heteroatoms. The van der Waals surface area contributed by atoms with Crippen LogP contribution in [0.15, 0.2) is 0 Å². The van der Waals surface area contributed by atoms with Crippen molar-refractivity contribution < 1.29 is 35.5 Å². The van der Waals surface area contributed by atoms with Crippen LogP contribution in [0.2, 0.25) is 0 Å². The number of halogens is 5. The van der Waals surface area contributed by atoms with Gasteiger partial charge in [-0.2, -0.15) is 22.0 Å². The van der Waals surface area contributed by atoms with Gasteiger partial charge in [0.25, 0.3) is 0 Å². The maximum absolute atomic E-state index is 12.4. The molecule has 0 saturated carbocycles. The van der Waals surface area contributed by atoms with Gasteiger partial charge in [-0.1, -0.05) is 6.92 Å². The maximum Gasteiger partial charge on any atom is 0.483 e. The monoisotopic (exact) mass is 268 g/mol. The van der Waals surface area contributed by atoms with Crippen LogP contribution in [0.25, 0.3) is 0 Å². The highest BCUT2D eigenvalue weighted by atomic mass is 31.2. The lowest BCUT2D eigenvalue weighted by molar-refractivity contribution is -0.363. The summed E-state index contributed by atoms with van der Waals surface area (Å²) in [5.74, 6) is 0.00172. The lowest BCUT2D eigenvalue weighted by Crippen LogP contribution is -2.38. The van der Waals surface area contributed by atoms with Crippen molar-refractivity contribution >= 4 is 8.60 Å². The van der Waals surface area contributed by atoms with E-state index in [0.717, 1.165) is 0 Å². The fourth-order valence-electron chi connectivity index (χ4n) is 0.852. The standard InChI is InChI=1S/C7H10F5O3P/c1-2-5-3-13-16(14-4-5)15-7(11,12)6(8,9)10/h5H,2-4H2,1H3.